The fourth-order valence-corrected chi connectivity index (χ4v) is 3.15. The fraction of sp³-hybridized carbons (Fsp3) is 0.105. The second kappa shape index (κ2) is 5.66. The molecule has 6 heteroatoms. The Labute approximate surface area is 142 Å². The monoisotopic (exact) mass is 335 g/mol. The first-order chi connectivity index (χ1) is 12.0. The Balaban J connectivity index is 2.15. The van der Waals surface area contributed by atoms with Crippen molar-refractivity contribution in [3.63, 3.8) is 0 Å². The quantitative estimate of drug-likeness (QED) is 0.620. The van der Waals surface area contributed by atoms with Crippen LogP contribution in [-0.2, 0) is 11.2 Å². The number of carboxylic acids is 1. The molecule has 25 heavy (non-hydrogen) atoms. The molecule has 2 aromatic carbocycles. The molecule has 1 N–H and O–H groups in total. The number of aryl methyl sites for hydroxylation is 1. The molecular formula is C19H14FN3O2. The number of imidazole rings is 1. The van der Waals surface area contributed by atoms with Crippen LogP contribution in [0.1, 0.15) is 11.3 Å². The zero-order valence-corrected chi connectivity index (χ0v) is 13.4. The smallest absolute Gasteiger partial charge is 0.307 e. The van der Waals surface area contributed by atoms with Gasteiger partial charge >= 0.3 is 5.97 Å². The molecule has 124 valence electrons. The van der Waals surface area contributed by atoms with E-state index in [4.69, 9.17) is 0 Å². The molecule has 0 saturated carbocycles. The largest absolute Gasteiger partial charge is 0.481 e. The number of nitrogens with zero attached hydrogens (tertiary/aromatic N) is 3. The number of para-hydroxylation sites is 2. The van der Waals surface area contributed by atoms with Crippen LogP contribution in [0.25, 0.3) is 27.6 Å². The summed E-state index contributed by atoms with van der Waals surface area (Å²) in [4.78, 5) is 20.2. The lowest BCUT2D eigenvalue weighted by Gasteiger charge is -2.16. The van der Waals surface area contributed by atoms with Gasteiger partial charge in [-0.25, -0.2) is 9.37 Å². The number of aliphatic carboxylic acids is 1. The number of pyridine rings is 1. The molecule has 0 aliphatic rings. The first-order valence-corrected chi connectivity index (χ1v) is 7.77. The van der Waals surface area contributed by atoms with Crippen LogP contribution in [-0.4, -0.2) is 25.6 Å². The topological polar surface area (TPSA) is 68.0 Å². The van der Waals surface area contributed by atoms with E-state index < -0.39 is 11.8 Å². The van der Waals surface area contributed by atoms with Crippen molar-refractivity contribution < 1.29 is 14.3 Å². The van der Waals surface area contributed by atoms with Crippen LogP contribution in [0.15, 0.2) is 48.8 Å². The molecule has 4 aromatic rings. The first-order valence-electron chi connectivity index (χ1n) is 7.77. The molecular weight excluding hydrogens is 321 g/mol. The third-order valence-electron chi connectivity index (χ3n) is 4.25. The van der Waals surface area contributed by atoms with Crippen LogP contribution in [0.5, 0.6) is 0 Å². The lowest BCUT2D eigenvalue weighted by atomic mass is 10.0. The van der Waals surface area contributed by atoms with Crippen molar-refractivity contribution in [3.05, 3.63) is 65.9 Å². The van der Waals surface area contributed by atoms with Gasteiger partial charge in [-0.05, 0) is 37.3 Å². The standard InChI is InChI=1S/C19H14FN3O2/c1-11-13(9-18(24)25)19(14-8-12(20)6-7-15(14)22-11)23-10-21-16-4-2-3-5-17(16)23/h2-8,10H,9H2,1H3,(H,24,25). The van der Waals surface area contributed by atoms with Gasteiger partial charge in [-0.2, -0.15) is 0 Å². The van der Waals surface area contributed by atoms with E-state index in [1.54, 1.807) is 19.3 Å². The maximum absolute atomic E-state index is 13.9. The summed E-state index contributed by atoms with van der Waals surface area (Å²) in [6, 6.07) is 11.9. The van der Waals surface area contributed by atoms with E-state index in [-0.39, 0.29) is 6.42 Å². The van der Waals surface area contributed by atoms with E-state index in [1.807, 2.05) is 28.8 Å². The molecule has 2 heterocycles. The van der Waals surface area contributed by atoms with Gasteiger partial charge in [-0.1, -0.05) is 12.1 Å². The van der Waals surface area contributed by atoms with Crippen molar-refractivity contribution in [3.8, 4) is 5.69 Å². The highest BCUT2D eigenvalue weighted by molar-refractivity contribution is 5.93. The fourth-order valence-electron chi connectivity index (χ4n) is 3.15. The molecule has 0 aliphatic heterocycles. The Morgan fingerprint density at radius 2 is 2.00 bits per heavy atom. The molecule has 4 rings (SSSR count). The average molecular weight is 335 g/mol. The molecule has 0 atom stereocenters. The summed E-state index contributed by atoms with van der Waals surface area (Å²) >= 11 is 0. The molecule has 0 radical (unpaired) electrons. The second-order valence-electron chi connectivity index (χ2n) is 5.86. The van der Waals surface area contributed by atoms with Crippen LogP contribution in [0.3, 0.4) is 0 Å². The summed E-state index contributed by atoms with van der Waals surface area (Å²) in [5.41, 5.74) is 3.98. The van der Waals surface area contributed by atoms with E-state index in [2.05, 4.69) is 9.97 Å². The molecule has 0 spiro atoms. The van der Waals surface area contributed by atoms with Gasteiger partial charge in [-0.15, -0.1) is 0 Å². The van der Waals surface area contributed by atoms with Gasteiger partial charge in [0.2, 0.25) is 0 Å². The highest BCUT2D eigenvalue weighted by Gasteiger charge is 2.19. The number of hydrogen-bond acceptors (Lipinski definition) is 3. The molecule has 0 saturated heterocycles. The van der Waals surface area contributed by atoms with Crippen molar-refractivity contribution in [2.75, 3.05) is 0 Å². The lowest BCUT2D eigenvalue weighted by molar-refractivity contribution is -0.136. The number of halogens is 1. The normalized spacial score (nSPS) is 11.3. The number of rotatable bonds is 3. The van der Waals surface area contributed by atoms with Crippen molar-refractivity contribution in [2.24, 2.45) is 0 Å². The van der Waals surface area contributed by atoms with Gasteiger partial charge in [0.25, 0.3) is 0 Å². The van der Waals surface area contributed by atoms with Crippen molar-refractivity contribution in [1.82, 2.24) is 14.5 Å². The van der Waals surface area contributed by atoms with E-state index in [1.165, 1.54) is 12.1 Å². The van der Waals surface area contributed by atoms with E-state index in [0.29, 0.717) is 27.8 Å². The molecule has 5 nitrogen and oxygen atoms in total. The zero-order chi connectivity index (χ0) is 17.6. The zero-order valence-electron chi connectivity index (χ0n) is 13.4. The number of carboxylic acid groups (broad SMARTS) is 1. The predicted molar refractivity (Wildman–Crippen MR) is 92.4 cm³/mol. The van der Waals surface area contributed by atoms with Gasteiger partial charge < -0.3 is 5.11 Å². The SMILES string of the molecule is Cc1nc2ccc(F)cc2c(-n2cnc3ccccc32)c1CC(=O)O. The van der Waals surface area contributed by atoms with E-state index in [0.717, 1.165) is 11.0 Å². The van der Waals surface area contributed by atoms with Crippen molar-refractivity contribution in [1.29, 1.82) is 0 Å². The van der Waals surface area contributed by atoms with Crippen LogP contribution in [0, 0.1) is 12.7 Å². The van der Waals surface area contributed by atoms with Crippen LogP contribution >= 0.6 is 0 Å². The summed E-state index contributed by atoms with van der Waals surface area (Å²) in [6.07, 6.45) is 1.43. The highest BCUT2D eigenvalue weighted by atomic mass is 19.1. The Morgan fingerprint density at radius 3 is 2.80 bits per heavy atom. The summed E-state index contributed by atoms with van der Waals surface area (Å²) in [7, 11) is 0. The minimum absolute atomic E-state index is 0.201. The minimum atomic E-state index is -0.966. The molecule has 0 fully saturated rings. The van der Waals surface area contributed by atoms with Gasteiger partial charge in [0.1, 0.15) is 12.1 Å². The summed E-state index contributed by atoms with van der Waals surface area (Å²) < 4.78 is 15.7. The predicted octanol–water partition coefficient (Wildman–Crippen LogP) is 3.65. The van der Waals surface area contributed by atoms with Crippen LogP contribution in [0.2, 0.25) is 0 Å². The third-order valence-corrected chi connectivity index (χ3v) is 4.25. The minimum Gasteiger partial charge on any atom is -0.481 e. The second-order valence-corrected chi connectivity index (χ2v) is 5.86. The number of benzene rings is 2. The van der Waals surface area contributed by atoms with Gasteiger partial charge in [0.15, 0.2) is 0 Å². The van der Waals surface area contributed by atoms with Gasteiger partial charge in [0, 0.05) is 16.6 Å². The molecule has 0 amide bonds. The van der Waals surface area contributed by atoms with E-state index >= 15 is 0 Å². The van der Waals surface area contributed by atoms with Crippen LogP contribution < -0.4 is 0 Å². The molecule has 0 bridgehead atoms. The highest BCUT2D eigenvalue weighted by Crippen LogP contribution is 2.30. The van der Waals surface area contributed by atoms with Crippen LogP contribution in [0.4, 0.5) is 4.39 Å². The molecule has 2 aromatic heterocycles. The molecule has 0 aliphatic carbocycles. The number of aromatic nitrogens is 3. The van der Waals surface area contributed by atoms with Gasteiger partial charge in [-0.3, -0.25) is 14.3 Å². The van der Waals surface area contributed by atoms with Crippen molar-refractivity contribution >= 4 is 27.9 Å². The first kappa shape index (κ1) is 15.3. The number of carbonyl (C=O) groups is 1. The Kier molecular flexibility index (Phi) is 3.46. The van der Waals surface area contributed by atoms with Gasteiger partial charge in [0.05, 0.1) is 28.7 Å². The number of fused-ring (bicyclic) bond motifs is 2. The maximum atomic E-state index is 13.9. The van der Waals surface area contributed by atoms with E-state index in [9.17, 15) is 14.3 Å². The summed E-state index contributed by atoms with van der Waals surface area (Å²) in [5, 5.41) is 9.89. The van der Waals surface area contributed by atoms with Crippen molar-refractivity contribution in [2.45, 2.75) is 13.3 Å². The molecule has 0 unspecified atom stereocenters. The Morgan fingerprint density at radius 1 is 1.20 bits per heavy atom. The number of hydrogen-bond donors (Lipinski definition) is 1. The Hall–Kier alpha value is -3.28. The Bertz CT molecular complexity index is 1130. The third kappa shape index (κ3) is 2.52. The average Bonchev–Trinajstić information content (AvgIpc) is 2.99. The lowest BCUT2D eigenvalue weighted by Crippen LogP contribution is -2.10. The summed E-state index contributed by atoms with van der Waals surface area (Å²) in [5.74, 6) is -1.36. The summed E-state index contributed by atoms with van der Waals surface area (Å²) in [6.45, 7) is 1.77. The maximum Gasteiger partial charge on any atom is 0.307 e.